The molecule has 0 heterocycles. The Labute approximate surface area is 122 Å². The predicted octanol–water partition coefficient (Wildman–Crippen LogP) is 2.83. The van der Waals surface area contributed by atoms with E-state index in [1.54, 1.807) is 42.5 Å². The van der Waals surface area contributed by atoms with Crippen LogP contribution in [0.3, 0.4) is 0 Å². The summed E-state index contributed by atoms with van der Waals surface area (Å²) in [5.41, 5.74) is 1.45. The Bertz CT molecular complexity index is 683. The number of nitriles is 1. The van der Waals surface area contributed by atoms with E-state index in [4.69, 9.17) is 14.7 Å². The Balaban J connectivity index is 2.25. The highest BCUT2D eigenvalue weighted by Crippen LogP contribution is 2.23. The van der Waals surface area contributed by atoms with Gasteiger partial charge in [0.1, 0.15) is 11.5 Å². The van der Waals surface area contributed by atoms with E-state index in [0.717, 1.165) is 0 Å². The van der Waals surface area contributed by atoms with Gasteiger partial charge in [-0.2, -0.15) is 5.26 Å². The summed E-state index contributed by atoms with van der Waals surface area (Å²) in [6.45, 7) is 0. The maximum absolute atomic E-state index is 12.2. The van der Waals surface area contributed by atoms with Crippen molar-refractivity contribution < 1.29 is 14.3 Å². The van der Waals surface area contributed by atoms with Crippen molar-refractivity contribution in [2.75, 3.05) is 19.5 Å². The topological polar surface area (TPSA) is 71.3 Å². The zero-order valence-corrected chi connectivity index (χ0v) is 11.7. The summed E-state index contributed by atoms with van der Waals surface area (Å²) in [5.74, 6) is 0.762. The number of hydrogen-bond donors (Lipinski definition) is 1. The summed E-state index contributed by atoms with van der Waals surface area (Å²) in [6, 6.07) is 13.7. The molecule has 2 aromatic rings. The smallest absolute Gasteiger partial charge is 0.255 e. The van der Waals surface area contributed by atoms with E-state index in [2.05, 4.69) is 5.32 Å². The van der Waals surface area contributed by atoms with Gasteiger partial charge in [-0.15, -0.1) is 0 Å². The third kappa shape index (κ3) is 3.51. The molecule has 5 heteroatoms. The van der Waals surface area contributed by atoms with Gasteiger partial charge in [0.05, 0.1) is 25.9 Å². The molecule has 1 amide bonds. The highest BCUT2D eigenvalue weighted by atomic mass is 16.5. The van der Waals surface area contributed by atoms with Crippen LogP contribution in [0.25, 0.3) is 0 Å². The molecule has 0 spiro atoms. The summed E-state index contributed by atoms with van der Waals surface area (Å²) in [4.78, 5) is 12.2. The zero-order chi connectivity index (χ0) is 15.2. The lowest BCUT2D eigenvalue weighted by molar-refractivity contribution is 0.102. The lowest BCUT2D eigenvalue weighted by Crippen LogP contribution is -2.12. The van der Waals surface area contributed by atoms with Gasteiger partial charge in [-0.05, 0) is 30.3 Å². The number of anilines is 1. The van der Waals surface area contributed by atoms with Crippen molar-refractivity contribution in [2.45, 2.75) is 0 Å². The van der Waals surface area contributed by atoms with Crippen molar-refractivity contribution in [2.24, 2.45) is 0 Å². The molecule has 2 rings (SSSR count). The van der Waals surface area contributed by atoms with Crippen molar-refractivity contribution in [3.63, 3.8) is 0 Å². The molecule has 0 unspecified atom stereocenters. The Hall–Kier alpha value is -3.00. The molecule has 106 valence electrons. The molecular weight excluding hydrogens is 268 g/mol. The van der Waals surface area contributed by atoms with Crippen LogP contribution in [-0.2, 0) is 0 Å². The first-order valence-electron chi connectivity index (χ1n) is 6.21. The van der Waals surface area contributed by atoms with Gasteiger partial charge in [-0.1, -0.05) is 6.07 Å². The van der Waals surface area contributed by atoms with E-state index in [9.17, 15) is 4.79 Å². The molecule has 21 heavy (non-hydrogen) atoms. The monoisotopic (exact) mass is 282 g/mol. The number of ether oxygens (including phenoxy) is 2. The lowest BCUT2D eigenvalue weighted by Gasteiger charge is -2.09. The molecule has 0 fully saturated rings. The van der Waals surface area contributed by atoms with Gasteiger partial charge in [-0.3, -0.25) is 4.79 Å². The van der Waals surface area contributed by atoms with E-state index in [1.165, 1.54) is 14.2 Å². The van der Waals surface area contributed by atoms with Crippen LogP contribution in [-0.4, -0.2) is 20.1 Å². The highest BCUT2D eigenvalue weighted by molar-refractivity contribution is 6.04. The fourth-order valence-corrected chi connectivity index (χ4v) is 1.81. The summed E-state index contributed by atoms with van der Waals surface area (Å²) in [5, 5.41) is 11.6. The normalized spacial score (nSPS) is 9.57. The van der Waals surface area contributed by atoms with Crippen LogP contribution in [0.15, 0.2) is 42.5 Å². The molecule has 0 saturated heterocycles. The molecule has 0 aliphatic rings. The number of nitrogens with zero attached hydrogens (tertiary/aromatic N) is 1. The van der Waals surface area contributed by atoms with Crippen LogP contribution in [0, 0.1) is 11.3 Å². The first kappa shape index (κ1) is 14.4. The van der Waals surface area contributed by atoms with Crippen LogP contribution in [0.1, 0.15) is 15.9 Å². The minimum absolute atomic E-state index is 0.303. The maximum atomic E-state index is 12.2. The molecule has 0 atom stereocenters. The SMILES string of the molecule is COc1cc(OC)cc(C(=O)Nc2cccc(C#N)c2)c1. The van der Waals surface area contributed by atoms with Gasteiger partial charge in [-0.25, -0.2) is 0 Å². The number of nitrogens with one attached hydrogen (secondary N) is 1. The zero-order valence-electron chi connectivity index (χ0n) is 11.7. The van der Waals surface area contributed by atoms with E-state index >= 15 is 0 Å². The fourth-order valence-electron chi connectivity index (χ4n) is 1.81. The molecule has 0 aromatic heterocycles. The van der Waals surface area contributed by atoms with E-state index in [-0.39, 0.29) is 5.91 Å². The minimum atomic E-state index is -0.303. The quantitative estimate of drug-likeness (QED) is 0.936. The largest absolute Gasteiger partial charge is 0.497 e. The molecule has 0 bridgehead atoms. The molecule has 2 aromatic carbocycles. The standard InChI is InChI=1S/C16H14N2O3/c1-20-14-7-12(8-15(9-14)21-2)16(19)18-13-5-3-4-11(6-13)10-17/h3-9H,1-2H3,(H,18,19). The second-order valence-electron chi connectivity index (χ2n) is 4.25. The summed E-state index contributed by atoms with van der Waals surface area (Å²) in [6.07, 6.45) is 0. The van der Waals surface area contributed by atoms with Crippen LogP contribution >= 0.6 is 0 Å². The predicted molar refractivity (Wildman–Crippen MR) is 78.7 cm³/mol. The third-order valence-corrected chi connectivity index (χ3v) is 2.86. The second kappa shape index (κ2) is 6.44. The van der Waals surface area contributed by atoms with Gasteiger partial charge >= 0.3 is 0 Å². The Morgan fingerprint density at radius 3 is 2.33 bits per heavy atom. The van der Waals surface area contributed by atoms with Crippen molar-refractivity contribution >= 4 is 11.6 Å². The molecule has 0 aliphatic heterocycles. The van der Waals surface area contributed by atoms with Crippen molar-refractivity contribution in [1.29, 1.82) is 5.26 Å². The Morgan fingerprint density at radius 1 is 1.10 bits per heavy atom. The first-order valence-corrected chi connectivity index (χ1v) is 6.21. The Morgan fingerprint density at radius 2 is 1.76 bits per heavy atom. The van der Waals surface area contributed by atoms with Crippen molar-refractivity contribution in [1.82, 2.24) is 0 Å². The van der Waals surface area contributed by atoms with Crippen LogP contribution in [0.4, 0.5) is 5.69 Å². The van der Waals surface area contributed by atoms with Crippen LogP contribution < -0.4 is 14.8 Å². The average molecular weight is 282 g/mol. The second-order valence-corrected chi connectivity index (χ2v) is 4.25. The number of carbonyl (C=O) groups excluding carboxylic acids is 1. The highest BCUT2D eigenvalue weighted by Gasteiger charge is 2.10. The van der Waals surface area contributed by atoms with E-state index < -0.39 is 0 Å². The molecule has 1 N–H and O–H groups in total. The summed E-state index contributed by atoms with van der Waals surface area (Å²) in [7, 11) is 3.04. The molecule has 5 nitrogen and oxygen atoms in total. The van der Waals surface area contributed by atoms with Gasteiger partial charge in [0.2, 0.25) is 0 Å². The van der Waals surface area contributed by atoms with E-state index in [0.29, 0.717) is 28.3 Å². The van der Waals surface area contributed by atoms with Crippen molar-refractivity contribution in [3.05, 3.63) is 53.6 Å². The van der Waals surface area contributed by atoms with Crippen LogP contribution in [0.5, 0.6) is 11.5 Å². The lowest BCUT2D eigenvalue weighted by atomic mass is 10.1. The number of carbonyl (C=O) groups is 1. The summed E-state index contributed by atoms with van der Waals surface area (Å²) >= 11 is 0. The number of rotatable bonds is 4. The van der Waals surface area contributed by atoms with Gasteiger partial charge in [0, 0.05) is 17.3 Å². The number of hydrogen-bond acceptors (Lipinski definition) is 4. The molecule has 0 aliphatic carbocycles. The molecule has 0 radical (unpaired) electrons. The van der Waals surface area contributed by atoms with Crippen LogP contribution in [0.2, 0.25) is 0 Å². The summed E-state index contributed by atoms with van der Waals surface area (Å²) < 4.78 is 10.3. The molecular formula is C16H14N2O3. The number of amides is 1. The van der Waals surface area contributed by atoms with Gasteiger partial charge < -0.3 is 14.8 Å². The maximum Gasteiger partial charge on any atom is 0.255 e. The number of benzene rings is 2. The molecule has 0 saturated carbocycles. The van der Waals surface area contributed by atoms with Gasteiger partial charge in [0.25, 0.3) is 5.91 Å². The Kier molecular flexibility index (Phi) is 4.42. The first-order chi connectivity index (χ1) is 10.2. The minimum Gasteiger partial charge on any atom is -0.497 e. The fraction of sp³-hybridized carbons (Fsp3) is 0.125. The van der Waals surface area contributed by atoms with Crippen molar-refractivity contribution in [3.8, 4) is 17.6 Å². The van der Waals surface area contributed by atoms with Gasteiger partial charge in [0.15, 0.2) is 0 Å². The third-order valence-electron chi connectivity index (χ3n) is 2.86. The number of methoxy groups -OCH3 is 2. The van der Waals surface area contributed by atoms with E-state index in [1.807, 2.05) is 6.07 Å². The average Bonchev–Trinajstić information content (AvgIpc) is 2.54.